The van der Waals surface area contributed by atoms with Gasteiger partial charge in [-0.3, -0.25) is 14.2 Å². The van der Waals surface area contributed by atoms with Gasteiger partial charge in [-0.2, -0.15) is 5.26 Å². The Kier molecular flexibility index (Phi) is 6.66. The number of carbonyl (C=O) groups is 1. The summed E-state index contributed by atoms with van der Waals surface area (Å²) in [6.07, 6.45) is 5.90. The highest BCUT2D eigenvalue weighted by Gasteiger charge is 2.35. The Hall–Kier alpha value is -2.30. The van der Waals surface area contributed by atoms with E-state index in [-0.39, 0.29) is 18.0 Å². The average Bonchev–Trinajstić information content (AvgIpc) is 2.71. The van der Waals surface area contributed by atoms with Crippen molar-refractivity contribution in [2.24, 2.45) is 0 Å². The number of halogens is 1. The molecule has 0 aliphatic heterocycles. The Morgan fingerprint density at radius 1 is 1.48 bits per heavy atom. The van der Waals surface area contributed by atoms with E-state index in [1.165, 1.54) is 16.3 Å². The molecular formula is C21H23ClN4O2S. The Morgan fingerprint density at radius 2 is 2.21 bits per heavy atom. The van der Waals surface area contributed by atoms with E-state index in [9.17, 15) is 14.9 Å². The fraction of sp³-hybridized carbons (Fsp3) is 0.429. The van der Waals surface area contributed by atoms with E-state index in [1.54, 1.807) is 31.2 Å². The summed E-state index contributed by atoms with van der Waals surface area (Å²) in [5, 5.41) is 13.4. The smallest absolute Gasteiger partial charge is 0.262 e. The number of hydrogen-bond acceptors (Lipinski definition) is 5. The molecule has 1 unspecified atom stereocenters. The maximum Gasteiger partial charge on any atom is 0.262 e. The predicted molar refractivity (Wildman–Crippen MR) is 116 cm³/mol. The molecule has 1 aliphatic carbocycles. The number of hydrogen-bond donors (Lipinski definition) is 1. The second-order valence-corrected chi connectivity index (χ2v) is 9.01. The number of nitrogens with zero attached hydrogens (tertiary/aromatic N) is 3. The lowest BCUT2D eigenvalue weighted by Crippen LogP contribution is -2.51. The number of allylic oxidation sites excluding steroid dienone is 1. The lowest BCUT2D eigenvalue weighted by molar-refractivity contribution is -0.121. The molecule has 1 amide bonds. The molecule has 1 aromatic carbocycles. The molecule has 152 valence electrons. The van der Waals surface area contributed by atoms with Crippen molar-refractivity contribution in [2.75, 3.05) is 0 Å². The number of fused-ring (bicyclic) bond motifs is 1. The van der Waals surface area contributed by atoms with Crippen LogP contribution < -0.4 is 10.9 Å². The van der Waals surface area contributed by atoms with Gasteiger partial charge < -0.3 is 5.32 Å². The predicted octanol–water partition coefficient (Wildman–Crippen LogP) is 4.06. The molecule has 0 saturated heterocycles. The number of nitriles is 1. The SMILES string of the molecule is C=CCn1c(SC(C)C(=O)NC2(C#N)CCCCC2)nc2cc(Cl)ccc2c1=O. The molecule has 1 atom stereocenters. The Morgan fingerprint density at radius 3 is 2.86 bits per heavy atom. The summed E-state index contributed by atoms with van der Waals surface area (Å²) in [6.45, 7) is 5.74. The first-order valence-electron chi connectivity index (χ1n) is 9.60. The zero-order valence-electron chi connectivity index (χ0n) is 16.3. The highest BCUT2D eigenvalue weighted by Crippen LogP contribution is 2.29. The number of amides is 1. The molecule has 1 heterocycles. The second kappa shape index (κ2) is 9.02. The van der Waals surface area contributed by atoms with Crippen LogP contribution in [0.1, 0.15) is 39.0 Å². The highest BCUT2D eigenvalue weighted by molar-refractivity contribution is 8.00. The molecule has 0 bridgehead atoms. The van der Waals surface area contributed by atoms with Gasteiger partial charge in [0.05, 0.1) is 22.2 Å². The van der Waals surface area contributed by atoms with Crippen LogP contribution in [0.3, 0.4) is 0 Å². The zero-order valence-corrected chi connectivity index (χ0v) is 17.9. The maximum absolute atomic E-state index is 12.9. The molecule has 6 nitrogen and oxygen atoms in total. The monoisotopic (exact) mass is 430 g/mol. The van der Waals surface area contributed by atoms with E-state index in [1.807, 2.05) is 0 Å². The van der Waals surface area contributed by atoms with Gasteiger partial charge in [-0.05, 0) is 38.0 Å². The van der Waals surface area contributed by atoms with Crippen LogP contribution >= 0.6 is 23.4 Å². The largest absolute Gasteiger partial charge is 0.337 e. The van der Waals surface area contributed by atoms with Crippen molar-refractivity contribution < 1.29 is 4.79 Å². The van der Waals surface area contributed by atoms with E-state index >= 15 is 0 Å². The van der Waals surface area contributed by atoms with E-state index in [0.29, 0.717) is 33.9 Å². The van der Waals surface area contributed by atoms with Crippen molar-refractivity contribution in [1.29, 1.82) is 5.26 Å². The van der Waals surface area contributed by atoms with Crippen LogP contribution in [0.25, 0.3) is 10.9 Å². The third-order valence-electron chi connectivity index (χ3n) is 5.13. The number of carbonyl (C=O) groups excluding carboxylic acids is 1. The van der Waals surface area contributed by atoms with Crippen LogP contribution in [0.5, 0.6) is 0 Å². The molecule has 29 heavy (non-hydrogen) atoms. The van der Waals surface area contributed by atoms with Crippen LogP contribution in [0, 0.1) is 11.3 Å². The van der Waals surface area contributed by atoms with E-state index in [0.717, 1.165) is 19.3 Å². The van der Waals surface area contributed by atoms with Crippen LogP contribution in [0.2, 0.25) is 5.02 Å². The molecule has 1 aromatic heterocycles. The summed E-state index contributed by atoms with van der Waals surface area (Å²) >= 11 is 7.24. The second-order valence-electron chi connectivity index (χ2n) is 7.26. The van der Waals surface area contributed by atoms with Gasteiger partial charge >= 0.3 is 0 Å². The van der Waals surface area contributed by atoms with Crippen molar-refractivity contribution in [1.82, 2.24) is 14.9 Å². The quantitative estimate of drug-likeness (QED) is 0.424. The number of benzene rings is 1. The van der Waals surface area contributed by atoms with Crippen LogP contribution in [0.4, 0.5) is 0 Å². The van der Waals surface area contributed by atoms with Gasteiger partial charge in [-0.1, -0.05) is 48.7 Å². The fourth-order valence-corrected chi connectivity index (χ4v) is 4.61. The van der Waals surface area contributed by atoms with Gasteiger partial charge in [0, 0.05) is 11.6 Å². The van der Waals surface area contributed by atoms with Gasteiger partial charge in [0.1, 0.15) is 5.54 Å². The lowest BCUT2D eigenvalue weighted by Gasteiger charge is -2.32. The maximum atomic E-state index is 12.9. The first-order valence-corrected chi connectivity index (χ1v) is 10.9. The topological polar surface area (TPSA) is 87.8 Å². The molecule has 1 saturated carbocycles. The molecule has 1 fully saturated rings. The third kappa shape index (κ3) is 4.65. The van der Waals surface area contributed by atoms with Gasteiger partial charge in [-0.25, -0.2) is 4.98 Å². The van der Waals surface area contributed by atoms with Crippen molar-refractivity contribution in [3.05, 3.63) is 46.2 Å². The summed E-state index contributed by atoms with van der Waals surface area (Å²) in [7, 11) is 0. The van der Waals surface area contributed by atoms with E-state index < -0.39 is 10.8 Å². The van der Waals surface area contributed by atoms with E-state index in [2.05, 4.69) is 22.9 Å². The van der Waals surface area contributed by atoms with Crippen molar-refractivity contribution in [2.45, 2.75) is 61.5 Å². The van der Waals surface area contributed by atoms with Crippen molar-refractivity contribution in [3.63, 3.8) is 0 Å². The number of aromatic nitrogens is 2. The van der Waals surface area contributed by atoms with Gasteiger partial charge in [0.15, 0.2) is 5.16 Å². The fourth-order valence-electron chi connectivity index (χ4n) is 3.52. The minimum absolute atomic E-state index is 0.206. The number of rotatable bonds is 6. The normalized spacial score (nSPS) is 16.7. The van der Waals surface area contributed by atoms with Gasteiger partial charge in [0.25, 0.3) is 5.56 Å². The Bertz CT molecular complexity index is 1040. The molecular weight excluding hydrogens is 408 g/mol. The molecule has 1 aliphatic rings. The van der Waals surface area contributed by atoms with Gasteiger partial charge in [-0.15, -0.1) is 6.58 Å². The number of thioether (sulfide) groups is 1. The molecule has 1 N–H and O–H groups in total. The first-order chi connectivity index (χ1) is 13.9. The van der Waals surface area contributed by atoms with Crippen LogP contribution in [0.15, 0.2) is 40.8 Å². The zero-order chi connectivity index (χ0) is 21.0. The summed E-state index contributed by atoms with van der Waals surface area (Å²) in [5.74, 6) is -0.232. The van der Waals surface area contributed by atoms with Crippen molar-refractivity contribution in [3.8, 4) is 6.07 Å². The molecule has 0 radical (unpaired) electrons. The minimum atomic E-state index is -0.796. The number of nitrogens with one attached hydrogen (secondary N) is 1. The summed E-state index contributed by atoms with van der Waals surface area (Å²) < 4.78 is 1.50. The average molecular weight is 431 g/mol. The summed E-state index contributed by atoms with van der Waals surface area (Å²) in [5.41, 5.74) is -0.518. The van der Waals surface area contributed by atoms with Crippen LogP contribution in [-0.2, 0) is 11.3 Å². The van der Waals surface area contributed by atoms with Crippen LogP contribution in [-0.4, -0.2) is 26.2 Å². The summed E-state index contributed by atoms with van der Waals surface area (Å²) in [4.78, 5) is 30.3. The molecule has 8 heteroatoms. The standard InChI is InChI=1S/C21H23ClN4O2S/c1-3-11-26-19(28)16-8-7-15(22)12-17(16)24-20(26)29-14(2)18(27)25-21(13-23)9-5-4-6-10-21/h3,7-8,12,14H,1,4-6,9-11H2,2H3,(H,25,27). The molecule has 2 aromatic rings. The Labute approximate surface area is 179 Å². The first kappa shape index (κ1) is 21.4. The Balaban J connectivity index is 1.88. The highest BCUT2D eigenvalue weighted by atomic mass is 35.5. The lowest BCUT2D eigenvalue weighted by atomic mass is 9.83. The minimum Gasteiger partial charge on any atom is -0.337 e. The molecule has 3 rings (SSSR count). The third-order valence-corrected chi connectivity index (χ3v) is 6.45. The molecule has 0 spiro atoms. The van der Waals surface area contributed by atoms with Crippen molar-refractivity contribution >= 4 is 40.2 Å². The van der Waals surface area contributed by atoms with Gasteiger partial charge in [0.2, 0.25) is 5.91 Å². The summed E-state index contributed by atoms with van der Waals surface area (Å²) in [6, 6.07) is 7.24. The van der Waals surface area contributed by atoms with E-state index in [4.69, 9.17) is 11.6 Å².